The molecule has 8 rings (SSSR count). The molecule has 4 aliphatic rings. The maximum Gasteiger partial charge on any atom is 0.255 e. The van der Waals surface area contributed by atoms with E-state index in [9.17, 15) is 19.5 Å². The number of nitrogens with two attached hydrogens (primary N) is 1. The van der Waals surface area contributed by atoms with E-state index in [0.717, 1.165) is 118 Å². The molecule has 3 saturated heterocycles. The summed E-state index contributed by atoms with van der Waals surface area (Å²) >= 11 is 0. The molecular formula is C48H57FN8O4. The minimum Gasteiger partial charge on any atom is -0.402 e. The zero-order valence-corrected chi connectivity index (χ0v) is 35.1. The van der Waals surface area contributed by atoms with Gasteiger partial charge in [-0.15, -0.1) is 0 Å². The molecular weight excluding hydrogens is 772 g/mol. The molecule has 0 radical (unpaired) electrons. The van der Waals surface area contributed by atoms with Crippen molar-refractivity contribution in [3.05, 3.63) is 118 Å². The van der Waals surface area contributed by atoms with Crippen LogP contribution in [0.1, 0.15) is 96.2 Å². The Kier molecular flexibility index (Phi) is 13.2. The minimum atomic E-state index is -0.710. The molecule has 1 unspecified atom stereocenters. The summed E-state index contributed by atoms with van der Waals surface area (Å²) in [6.45, 7) is 9.13. The summed E-state index contributed by atoms with van der Waals surface area (Å²) in [4.78, 5) is 56.0. The number of rotatable bonds is 14. The minimum absolute atomic E-state index is 0.0815. The third kappa shape index (κ3) is 9.69. The Morgan fingerprint density at radius 2 is 1.62 bits per heavy atom. The predicted octanol–water partition coefficient (Wildman–Crippen LogP) is 5.49. The molecule has 61 heavy (non-hydrogen) atoms. The maximum absolute atomic E-state index is 15.5. The number of aliphatic hydroxyl groups excluding tert-OH is 1. The molecule has 4 aliphatic heterocycles. The van der Waals surface area contributed by atoms with Crippen molar-refractivity contribution < 1.29 is 23.9 Å². The van der Waals surface area contributed by atoms with Gasteiger partial charge < -0.3 is 25.5 Å². The van der Waals surface area contributed by atoms with E-state index in [1.165, 1.54) is 16.5 Å². The fraction of sp³-hybridized carbons (Fsp3) is 0.438. The van der Waals surface area contributed by atoms with Crippen LogP contribution < -0.4 is 16.0 Å². The number of hydrogen-bond acceptors (Lipinski definition) is 10. The number of aryl methyl sites for hydroxylation is 1. The van der Waals surface area contributed by atoms with Gasteiger partial charge in [0, 0.05) is 74.2 Å². The molecule has 1 atom stereocenters. The molecule has 320 valence electrons. The van der Waals surface area contributed by atoms with Crippen LogP contribution in [0.15, 0.2) is 78.5 Å². The van der Waals surface area contributed by atoms with Crippen molar-refractivity contribution in [2.24, 2.45) is 5.73 Å². The highest BCUT2D eigenvalue weighted by atomic mass is 19.1. The molecule has 4 N–H and O–H groups in total. The largest absolute Gasteiger partial charge is 0.402 e. The maximum atomic E-state index is 15.5. The Morgan fingerprint density at radius 1 is 0.852 bits per heavy atom. The molecule has 13 heteroatoms. The highest BCUT2D eigenvalue weighted by Gasteiger charge is 2.40. The smallest absolute Gasteiger partial charge is 0.255 e. The molecule has 3 fully saturated rings. The van der Waals surface area contributed by atoms with Gasteiger partial charge in [0.05, 0.1) is 12.3 Å². The van der Waals surface area contributed by atoms with E-state index in [2.05, 4.69) is 50.3 Å². The zero-order chi connectivity index (χ0) is 42.5. The molecule has 0 spiro atoms. The number of β-amino-alcohol motifs (C(OH)–C–C–N with tert-alkyl or cyclic N) is 1. The number of piperazine rings is 1. The first-order valence-electron chi connectivity index (χ1n) is 21.9. The van der Waals surface area contributed by atoms with Crippen molar-refractivity contribution in [2.75, 3.05) is 63.9 Å². The highest BCUT2D eigenvalue weighted by Crippen LogP contribution is 2.36. The normalized spacial score (nSPS) is 19.6. The number of imide groups is 1. The van der Waals surface area contributed by atoms with Gasteiger partial charge in [0.2, 0.25) is 11.8 Å². The predicted molar refractivity (Wildman–Crippen MR) is 234 cm³/mol. The summed E-state index contributed by atoms with van der Waals surface area (Å²) in [5.74, 6) is 0.0776. The van der Waals surface area contributed by atoms with Gasteiger partial charge in [-0.3, -0.25) is 24.6 Å². The van der Waals surface area contributed by atoms with Gasteiger partial charge in [0.15, 0.2) is 5.82 Å². The van der Waals surface area contributed by atoms with Crippen molar-refractivity contribution in [1.82, 2.24) is 30.0 Å². The van der Waals surface area contributed by atoms with Crippen LogP contribution >= 0.6 is 0 Å². The highest BCUT2D eigenvalue weighted by molar-refractivity contribution is 6.05. The first-order chi connectivity index (χ1) is 29.6. The Morgan fingerprint density at radius 3 is 2.36 bits per heavy atom. The SMILES string of the molecule is CC(N)=C(c1ccccc1)c1nc(-c2cccc(CCCCCN3CCC(c4cc5c(cc4F)C(=O)N(C4CCC(=O)NC4=O)C5)CC3)c2)cc(N2CCN(CCO)CC2)n1. The number of likely N-dealkylation sites (tertiary alicyclic amines) is 1. The average Bonchev–Trinajstić information content (AvgIpc) is 3.58. The number of anilines is 1. The van der Waals surface area contributed by atoms with Crippen LogP contribution in [-0.4, -0.2) is 113 Å². The van der Waals surface area contributed by atoms with E-state index in [0.29, 0.717) is 29.2 Å². The molecule has 0 saturated carbocycles. The van der Waals surface area contributed by atoms with Crippen LogP contribution in [0.5, 0.6) is 0 Å². The zero-order valence-electron chi connectivity index (χ0n) is 35.1. The third-order valence-electron chi connectivity index (χ3n) is 12.8. The van der Waals surface area contributed by atoms with E-state index >= 15 is 4.39 Å². The van der Waals surface area contributed by atoms with Crippen molar-refractivity contribution in [3.8, 4) is 11.3 Å². The average molecular weight is 829 g/mol. The lowest BCUT2D eigenvalue weighted by atomic mass is 9.87. The lowest BCUT2D eigenvalue weighted by Gasteiger charge is -2.35. The van der Waals surface area contributed by atoms with Crippen molar-refractivity contribution in [1.29, 1.82) is 0 Å². The number of hydrogen-bond donors (Lipinski definition) is 3. The van der Waals surface area contributed by atoms with E-state index < -0.39 is 11.9 Å². The van der Waals surface area contributed by atoms with Crippen LogP contribution in [0.4, 0.5) is 10.2 Å². The number of aliphatic hydroxyl groups is 1. The van der Waals surface area contributed by atoms with Crippen molar-refractivity contribution in [3.63, 3.8) is 0 Å². The van der Waals surface area contributed by atoms with Gasteiger partial charge in [-0.2, -0.15) is 0 Å². The summed E-state index contributed by atoms with van der Waals surface area (Å²) < 4.78 is 15.5. The fourth-order valence-corrected chi connectivity index (χ4v) is 9.45. The summed E-state index contributed by atoms with van der Waals surface area (Å²) in [7, 11) is 0. The van der Waals surface area contributed by atoms with E-state index in [1.807, 2.05) is 43.3 Å². The molecule has 12 nitrogen and oxygen atoms in total. The number of nitrogens with one attached hydrogen (secondary N) is 1. The fourth-order valence-electron chi connectivity index (χ4n) is 9.45. The number of piperidine rings is 2. The van der Waals surface area contributed by atoms with Crippen LogP contribution in [0, 0.1) is 5.82 Å². The number of fused-ring (bicyclic) bond motifs is 1. The molecule has 0 bridgehead atoms. The van der Waals surface area contributed by atoms with E-state index in [4.69, 9.17) is 15.7 Å². The van der Waals surface area contributed by atoms with E-state index in [-0.39, 0.29) is 49.5 Å². The standard InChI is InChI=1S/C48H57FN8O4/c1-32(50)45(35-11-5-2-6-12-35)46-51-41(30-43(52-46)56-23-21-55(22-24-56)25-26-58)36-13-8-10-33(27-36)9-4-3-7-18-54-19-16-34(17-20-54)38-28-37-31-57(48(61)39(37)29-40(38)49)42-14-15-44(59)53-47(42)60/h2,5-6,8,10-13,27-30,34,42,58H,3-4,7,9,14-26,31,50H2,1H3,(H,53,59,60). The summed E-state index contributed by atoms with van der Waals surface area (Å²) in [5.41, 5.74) is 13.9. The van der Waals surface area contributed by atoms with Gasteiger partial charge >= 0.3 is 0 Å². The van der Waals surface area contributed by atoms with Gasteiger partial charge in [0.25, 0.3) is 5.91 Å². The van der Waals surface area contributed by atoms with Crippen LogP contribution in [0.3, 0.4) is 0 Å². The number of carbonyl (C=O) groups excluding carboxylic acids is 3. The first-order valence-corrected chi connectivity index (χ1v) is 21.9. The van der Waals surface area contributed by atoms with Gasteiger partial charge in [0.1, 0.15) is 17.7 Å². The Balaban J connectivity index is 0.856. The van der Waals surface area contributed by atoms with Crippen molar-refractivity contribution >= 4 is 29.1 Å². The molecule has 3 aromatic carbocycles. The second kappa shape index (κ2) is 19.0. The molecule has 3 amide bonds. The topological polar surface area (TPSA) is 148 Å². The van der Waals surface area contributed by atoms with Crippen LogP contribution in [0.25, 0.3) is 16.8 Å². The molecule has 1 aromatic heterocycles. The lowest BCUT2D eigenvalue weighted by molar-refractivity contribution is -0.136. The summed E-state index contributed by atoms with van der Waals surface area (Å²) in [6, 6.07) is 23.3. The Labute approximate surface area is 357 Å². The molecule has 0 aliphatic carbocycles. The van der Waals surface area contributed by atoms with Crippen molar-refractivity contribution in [2.45, 2.75) is 76.8 Å². The van der Waals surface area contributed by atoms with Gasteiger partial charge in [-0.05, 0) is 105 Å². The number of nitrogens with zero attached hydrogens (tertiary/aromatic N) is 6. The number of benzene rings is 3. The third-order valence-corrected chi connectivity index (χ3v) is 12.8. The molecule has 4 aromatic rings. The lowest BCUT2D eigenvalue weighted by Crippen LogP contribution is -2.52. The monoisotopic (exact) mass is 828 g/mol. The Hall–Kier alpha value is -5.50. The number of amides is 3. The van der Waals surface area contributed by atoms with E-state index in [1.54, 1.807) is 0 Å². The molecule has 5 heterocycles. The summed E-state index contributed by atoms with van der Waals surface area (Å²) in [5, 5.41) is 11.8. The quantitative estimate of drug-likeness (QED) is 0.110. The van der Waals surface area contributed by atoms with Gasteiger partial charge in [-0.1, -0.05) is 61.0 Å². The number of halogens is 1. The number of aromatic nitrogens is 2. The number of carbonyl (C=O) groups is 3. The number of allylic oxidation sites excluding steroid dienone is 1. The second-order valence-corrected chi connectivity index (χ2v) is 17.0. The van der Waals surface area contributed by atoms with Gasteiger partial charge in [-0.25, -0.2) is 14.4 Å². The number of unbranched alkanes of at least 4 members (excludes halogenated alkanes) is 2. The van der Waals surface area contributed by atoms with Crippen LogP contribution in [0.2, 0.25) is 0 Å². The Bertz CT molecular complexity index is 2260. The van der Waals surface area contributed by atoms with Crippen LogP contribution in [-0.2, 0) is 22.6 Å². The second-order valence-electron chi connectivity index (χ2n) is 17.0. The first kappa shape index (κ1) is 42.2. The summed E-state index contributed by atoms with van der Waals surface area (Å²) in [6.07, 6.45) is 6.41.